The number of aryl methyl sites for hydroxylation is 1. The van der Waals surface area contributed by atoms with Crippen molar-refractivity contribution in [1.82, 2.24) is 9.88 Å². The Hall–Kier alpha value is -3.63. The molecule has 0 amide bonds. The summed E-state index contributed by atoms with van der Waals surface area (Å²) in [6.07, 6.45) is 3.78. The number of carbonyl (C=O) groups is 1. The van der Waals surface area contributed by atoms with Crippen LogP contribution in [-0.4, -0.2) is 21.7 Å². The average Bonchev–Trinajstić information content (AvgIpc) is 3.16. The Morgan fingerprint density at radius 1 is 1.00 bits per heavy atom. The van der Waals surface area contributed by atoms with Crippen LogP contribution >= 0.6 is 0 Å². The van der Waals surface area contributed by atoms with E-state index in [1.807, 2.05) is 59.2 Å². The molecule has 2 N–H and O–H groups in total. The molecule has 0 saturated heterocycles. The standard InChI is InChI=1S/C29H30N2O2/c1-3-22-15-17-24(18-16-22)20-31-27-12-8-7-11-25(27)26(28(31)29(32)33)19-30-21(2)13-14-23-9-5-4-6-10-23/h3-12,15-18,21,30H,1,13-14,19-20H2,2H3,(H,32,33)/t21-/m0/s1. The lowest BCUT2D eigenvalue weighted by Gasteiger charge is -2.15. The number of para-hydroxylation sites is 1. The minimum absolute atomic E-state index is 0.264. The van der Waals surface area contributed by atoms with Gasteiger partial charge in [-0.15, -0.1) is 0 Å². The molecule has 4 nitrogen and oxygen atoms in total. The van der Waals surface area contributed by atoms with Crippen LogP contribution in [0.3, 0.4) is 0 Å². The molecule has 0 unspecified atom stereocenters. The molecule has 4 heteroatoms. The van der Waals surface area contributed by atoms with Crippen molar-refractivity contribution in [3.8, 4) is 0 Å². The average molecular weight is 439 g/mol. The van der Waals surface area contributed by atoms with Crippen molar-refractivity contribution in [2.75, 3.05) is 0 Å². The number of nitrogens with one attached hydrogen (secondary N) is 1. The monoisotopic (exact) mass is 438 g/mol. The summed E-state index contributed by atoms with van der Waals surface area (Å²) in [5.74, 6) is -0.900. The normalized spacial score (nSPS) is 12.0. The van der Waals surface area contributed by atoms with E-state index in [1.165, 1.54) is 5.56 Å². The van der Waals surface area contributed by atoms with E-state index in [9.17, 15) is 9.90 Å². The molecule has 0 spiro atoms. The zero-order chi connectivity index (χ0) is 23.2. The van der Waals surface area contributed by atoms with Crippen LogP contribution in [0.4, 0.5) is 0 Å². The van der Waals surface area contributed by atoms with Crippen LogP contribution in [0.25, 0.3) is 17.0 Å². The van der Waals surface area contributed by atoms with Gasteiger partial charge < -0.3 is 15.0 Å². The van der Waals surface area contributed by atoms with Crippen LogP contribution in [-0.2, 0) is 19.5 Å². The fourth-order valence-corrected chi connectivity index (χ4v) is 4.31. The molecule has 1 atom stereocenters. The molecule has 3 aromatic carbocycles. The molecule has 0 aliphatic carbocycles. The molecule has 0 fully saturated rings. The summed E-state index contributed by atoms with van der Waals surface area (Å²) < 4.78 is 1.92. The highest BCUT2D eigenvalue weighted by Crippen LogP contribution is 2.28. The molecule has 1 aromatic heterocycles. The Kier molecular flexibility index (Phi) is 7.06. The highest BCUT2D eigenvalue weighted by Gasteiger charge is 2.22. The summed E-state index contributed by atoms with van der Waals surface area (Å²) in [6, 6.07) is 26.7. The lowest BCUT2D eigenvalue weighted by molar-refractivity contribution is 0.0684. The van der Waals surface area contributed by atoms with Crippen molar-refractivity contribution >= 4 is 22.9 Å². The van der Waals surface area contributed by atoms with E-state index in [1.54, 1.807) is 6.08 Å². The lowest BCUT2D eigenvalue weighted by atomic mass is 10.1. The molecule has 0 saturated carbocycles. The Labute approximate surface area is 195 Å². The highest BCUT2D eigenvalue weighted by atomic mass is 16.4. The Bertz CT molecular complexity index is 1240. The van der Waals surface area contributed by atoms with Crippen LogP contribution in [0.1, 0.15) is 46.1 Å². The lowest BCUT2D eigenvalue weighted by Crippen LogP contribution is -2.27. The van der Waals surface area contributed by atoms with Crippen LogP contribution < -0.4 is 5.32 Å². The van der Waals surface area contributed by atoms with Crippen molar-refractivity contribution in [2.24, 2.45) is 0 Å². The zero-order valence-corrected chi connectivity index (χ0v) is 19.0. The predicted octanol–water partition coefficient (Wildman–Crippen LogP) is 6.14. The molecular weight excluding hydrogens is 408 g/mol. The van der Waals surface area contributed by atoms with Gasteiger partial charge in [0.15, 0.2) is 0 Å². The minimum atomic E-state index is -0.900. The second-order valence-electron chi connectivity index (χ2n) is 8.49. The van der Waals surface area contributed by atoms with Gasteiger partial charge in [0.05, 0.1) is 0 Å². The van der Waals surface area contributed by atoms with Gasteiger partial charge in [-0.3, -0.25) is 0 Å². The van der Waals surface area contributed by atoms with Gasteiger partial charge in [-0.1, -0.05) is 85.5 Å². The minimum Gasteiger partial charge on any atom is -0.477 e. The Balaban J connectivity index is 1.58. The van der Waals surface area contributed by atoms with E-state index < -0.39 is 5.97 Å². The number of hydrogen-bond donors (Lipinski definition) is 2. The molecule has 168 valence electrons. The maximum atomic E-state index is 12.4. The van der Waals surface area contributed by atoms with Crippen LogP contribution in [0.5, 0.6) is 0 Å². The summed E-state index contributed by atoms with van der Waals surface area (Å²) in [5.41, 5.74) is 5.55. The van der Waals surface area contributed by atoms with E-state index in [2.05, 4.69) is 43.1 Å². The number of fused-ring (bicyclic) bond motifs is 1. The summed E-state index contributed by atoms with van der Waals surface area (Å²) in [7, 11) is 0. The molecule has 0 bridgehead atoms. The summed E-state index contributed by atoms with van der Waals surface area (Å²) in [6.45, 7) is 6.98. The van der Waals surface area contributed by atoms with E-state index in [0.29, 0.717) is 18.8 Å². The van der Waals surface area contributed by atoms with Crippen molar-refractivity contribution in [1.29, 1.82) is 0 Å². The van der Waals surface area contributed by atoms with Crippen LogP contribution in [0.15, 0.2) is 85.4 Å². The van der Waals surface area contributed by atoms with Gasteiger partial charge >= 0.3 is 5.97 Å². The van der Waals surface area contributed by atoms with Crippen molar-refractivity contribution < 1.29 is 9.90 Å². The molecule has 1 heterocycles. The molecular formula is C29H30N2O2. The summed E-state index contributed by atoms with van der Waals surface area (Å²) >= 11 is 0. The zero-order valence-electron chi connectivity index (χ0n) is 19.0. The van der Waals surface area contributed by atoms with Gasteiger partial charge in [-0.2, -0.15) is 0 Å². The number of hydrogen-bond acceptors (Lipinski definition) is 2. The topological polar surface area (TPSA) is 54.3 Å². The third-order valence-corrected chi connectivity index (χ3v) is 6.17. The number of nitrogens with zero attached hydrogens (tertiary/aromatic N) is 1. The fraction of sp³-hybridized carbons (Fsp3) is 0.207. The van der Waals surface area contributed by atoms with Crippen molar-refractivity contribution in [2.45, 2.75) is 38.9 Å². The SMILES string of the molecule is C=Cc1ccc(Cn2c(C(=O)O)c(CN[C@@H](C)CCc3ccccc3)c3ccccc32)cc1. The number of aromatic carboxylic acids is 1. The molecule has 0 aliphatic heterocycles. The largest absolute Gasteiger partial charge is 0.477 e. The smallest absolute Gasteiger partial charge is 0.352 e. The van der Waals surface area contributed by atoms with Gasteiger partial charge in [-0.25, -0.2) is 4.79 Å². The number of rotatable bonds is 10. The molecule has 0 aliphatic rings. The van der Waals surface area contributed by atoms with E-state index >= 15 is 0 Å². The predicted molar refractivity (Wildman–Crippen MR) is 136 cm³/mol. The molecule has 0 radical (unpaired) electrons. The maximum absolute atomic E-state index is 12.4. The number of carboxylic acid groups (broad SMARTS) is 1. The Morgan fingerprint density at radius 2 is 1.70 bits per heavy atom. The molecule has 4 rings (SSSR count). The molecule has 33 heavy (non-hydrogen) atoms. The van der Waals surface area contributed by atoms with Crippen LogP contribution in [0.2, 0.25) is 0 Å². The van der Waals surface area contributed by atoms with Gasteiger partial charge in [0.25, 0.3) is 0 Å². The first kappa shape index (κ1) is 22.6. The summed E-state index contributed by atoms with van der Waals surface area (Å²) in [5, 5.41) is 14.7. The Morgan fingerprint density at radius 3 is 2.39 bits per heavy atom. The molecule has 4 aromatic rings. The van der Waals surface area contributed by atoms with Crippen molar-refractivity contribution in [3.05, 3.63) is 113 Å². The van der Waals surface area contributed by atoms with E-state index in [4.69, 9.17) is 0 Å². The second kappa shape index (κ2) is 10.3. The van der Waals surface area contributed by atoms with Gasteiger partial charge in [0.2, 0.25) is 0 Å². The fourth-order valence-electron chi connectivity index (χ4n) is 4.31. The van der Waals surface area contributed by atoms with Gasteiger partial charge in [0.1, 0.15) is 5.69 Å². The second-order valence-corrected chi connectivity index (χ2v) is 8.49. The number of aromatic nitrogens is 1. The van der Waals surface area contributed by atoms with E-state index in [0.717, 1.165) is 40.4 Å². The maximum Gasteiger partial charge on any atom is 0.352 e. The summed E-state index contributed by atoms with van der Waals surface area (Å²) in [4.78, 5) is 12.4. The van der Waals surface area contributed by atoms with Gasteiger partial charge in [-0.05, 0) is 42.5 Å². The quantitative estimate of drug-likeness (QED) is 0.313. The third-order valence-electron chi connectivity index (χ3n) is 6.17. The first-order valence-electron chi connectivity index (χ1n) is 11.4. The number of benzene rings is 3. The first-order valence-corrected chi connectivity index (χ1v) is 11.4. The first-order chi connectivity index (χ1) is 16.1. The van der Waals surface area contributed by atoms with Gasteiger partial charge in [0, 0.05) is 35.6 Å². The highest BCUT2D eigenvalue weighted by molar-refractivity contribution is 5.98. The van der Waals surface area contributed by atoms with Crippen molar-refractivity contribution in [3.63, 3.8) is 0 Å². The van der Waals surface area contributed by atoms with Crippen LogP contribution in [0, 0.1) is 0 Å². The van der Waals surface area contributed by atoms with E-state index in [-0.39, 0.29) is 6.04 Å². The third kappa shape index (κ3) is 5.24. The number of carboxylic acids is 1.